The molecule has 106 valence electrons. The number of hydrogen-bond acceptors (Lipinski definition) is 6. The van der Waals surface area contributed by atoms with E-state index in [2.05, 4.69) is 15.8 Å². The van der Waals surface area contributed by atoms with Gasteiger partial charge in [0.1, 0.15) is 5.69 Å². The first-order chi connectivity index (χ1) is 10.1. The average Bonchev–Trinajstić information content (AvgIpc) is 2.53. The number of non-ortho nitro benzene ring substituents is 1. The number of benzene rings is 2. The van der Waals surface area contributed by atoms with Gasteiger partial charge in [0, 0.05) is 6.07 Å². The van der Waals surface area contributed by atoms with Crippen LogP contribution in [0.4, 0.5) is 22.7 Å². The zero-order valence-corrected chi connectivity index (χ0v) is 10.5. The number of hydrogen-bond donors (Lipinski definition) is 1. The fourth-order valence-corrected chi connectivity index (χ4v) is 1.49. The van der Waals surface area contributed by atoms with E-state index >= 15 is 0 Å². The van der Waals surface area contributed by atoms with Crippen molar-refractivity contribution in [1.82, 2.24) is 0 Å². The van der Waals surface area contributed by atoms with Crippen LogP contribution >= 0.6 is 0 Å². The minimum absolute atomic E-state index is 0.117. The van der Waals surface area contributed by atoms with Crippen LogP contribution in [0.1, 0.15) is 0 Å². The molecule has 0 saturated carbocycles. The zero-order valence-electron chi connectivity index (χ0n) is 10.5. The second-order valence-corrected chi connectivity index (χ2v) is 3.90. The Balaban J connectivity index is 2.14. The van der Waals surface area contributed by atoms with Crippen molar-refractivity contribution in [3.63, 3.8) is 0 Å². The molecule has 0 aromatic heterocycles. The molecule has 1 N–H and O–H groups in total. The molecule has 9 nitrogen and oxygen atoms in total. The van der Waals surface area contributed by atoms with Crippen molar-refractivity contribution in [3.05, 3.63) is 68.8 Å². The maximum atomic E-state index is 11.7. The van der Waals surface area contributed by atoms with Gasteiger partial charge in [0.05, 0.1) is 16.2 Å². The molecule has 0 atom stereocenters. The van der Waals surface area contributed by atoms with Crippen LogP contribution < -0.4 is 5.43 Å². The van der Waals surface area contributed by atoms with Gasteiger partial charge >= 0.3 is 0 Å². The SMILES string of the molecule is O=Nc1ccc(/[N+]([O-])=N/Nc2cccc([N+](=O)[O-])c2)cc1. The molecule has 0 aliphatic carbocycles. The highest BCUT2D eigenvalue weighted by atomic mass is 16.6. The molecule has 0 spiro atoms. The van der Waals surface area contributed by atoms with E-state index in [0.717, 1.165) is 0 Å². The molecule has 0 fully saturated rings. The van der Waals surface area contributed by atoms with Gasteiger partial charge in [-0.2, -0.15) is 0 Å². The largest absolute Gasteiger partial charge is 0.691 e. The number of nitrogens with one attached hydrogen (secondary N) is 1. The first-order valence-electron chi connectivity index (χ1n) is 5.72. The van der Waals surface area contributed by atoms with Crippen LogP contribution in [0.15, 0.2) is 58.9 Å². The summed E-state index contributed by atoms with van der Waals surface area (Å²) < 4.78 is 0. The Hall–Kier alpha value is -3.36. The molecule has 0 radical (unpaired) electrons. The predicted octanol–water partition coefficient (Wildman–Crippen LogP) is 3.61. The lowest BCUT2D eigenvalue weighted by molar-refractivity contribution is -0.439. The lowest BCUT2D eigenvalue weighted by Gasteiger charge is -2.04. The summed E-state index contributed by atoms with van der Waals surface area (Å²) in [5.41, 5.74) is 2.98. The smallest absolute Gasteiger partial charge is 0.273 e. The van der Waals surface area contributed by atoms with Gasteiger partial charge in [-0.25, -0.2) is 0 Å². The van der Waals surface area contributed by atoms with Crippen molar-refractivity contribution in [2.45, 2.75) is 0 Å². The summed E-state index contributed by atoms with van der Waals surface area (Å²) >= 11 is 0. The highest BCUT2D eigenvalue weighted by Gasteiger charge is 2.07. The quantitative estimate of drug-likeness (QED) is 0.296. The van der Waals surface area contributed by atoms with Crippen LogP contribution in [0.3, 0.4) is 0 Å². The summed E-state index contributed by atoms with van der Waals surface area (Å²) in [6.45, 7) is 0. The Morgan fingerprint density at radius 1 is 1.00 bits per heavy atom. The highest BCUT2D eigenvalue weighted by Crippen LogP contribution is 2.19. The molecule has 0 aliphatic heterocycles. The van der Waals surface area contributed by atoms with Crippen LogP contribution in [0, 0.1) is 20.2 Å². The molecule has 0 amide bonds. The topological polar surface area (TPSA) is 123 Å². The van der Waals surface area contributed by atoms with Crippen LogP contribution in [-0.4, -0.2) is 9.78 Å². The van der Waals surface area contributed by atoms with Gasteiger partial charge in [0.2, 0.25) is 0 Å². The highest BCUT2D eigenvalue weighted by molar-refractivity contribution is 5.50. The molecule has 2 rings (SSSR count). The van der Waals surface area contributed by atoms with E-state index in [1.807, 2.05) is 0 Å². The Morgan fingerprint density at radius 3 is 2.33 bits per heavy atom. The predicted molar refractivity (Wildman–Crippen MR) is 74.3 cm³/mol. The van der Waals surface area contributed by atoms with E-state index in [4.69, 9.17) is 0 Å². The molecule has 0 saturated heterocycles. The number of nitrogens with zero attached hydrogens (tertiary/aromatic N) is 4. The maximum Gasteiger partial charge on any atom is 0.273 e. The summed E-state index contributed by atoms with van der Waals surface area (Å²) in [5, 5.41) is 28.5. The molecular weight excluding hydrogens is 278 g/mol. The molecule has 0 heterocycles. The summed E-state index contributed by atoms with van der Waals surface area (Å²) in [4.78, 5) is 20.6. The molecule has 2 aromatic rings. The summed E-state index contributed by atoms with van der Waals surface area (Å²) in [7, 11) is 0. The molecule has 9 heteroatoms. The number of nitro groups is 1. The summed E-state index contributed by atoms with van der Waals surface area (Å²) in [5.74, 6) is 0. The Bertz CT molecular complexity index is 699. The van der Waals surface area contributed by atoms with Gasteiger partial charge in [0.15, 0.2) is 11.4 Å². The Kier molecular flexibility index (Phi) is 4.14. The van der Waals surface area contributed by atoms with Crippen molar-refractivity contribution in [3.8, 4) is 0 Å². The van der Waals surface area contributed by atoms with Gasteiger partial charge in [-0.1, -0.05) is 6.07 Å². The summed E-state index contributed by atoms with van der Waals surface area (Å²) in [6, 6.07) is 11.1. The fourth-order valence-electron chi connectivity index (χ4n) is 1.49. The van der Waals surface area contributed by atoms with Gasteiger partial charge < -0.3 is 5.21 Å². The van der Waals surface area contributed by atoms with Crippen molar-refractivity contribution in [1.29, 1.82) is 0 Å². The second-order valence-electron chi connectivity index (χ2n) is 3.90. The minimum Gasteiger partial charge on any atom is -0.691 e. The van der Waals surface area contributed by atoms with Crippen LogP contribution in [-0.2, 0) is 0 Å². The minimum atomic E-state index is -0.550. The molecule has 2 aromatic carbocycles. The summed E-state index contributed by atoms with van der Waals surface area (Å²) in [6.07, 6.45) is 0. The fraction of sp³-hybridized carbons (Fsp3) is 0. The Labute approximate surface area is 118 Å². The van der Waals surface area contributed by atoms with E-state index in [0.29, 0.717) is 5.69 Å². The number of rotatable bonds is 5. The lowest BCUT2D eigenvalue weighted by atomic mass is 10.3. The normalized spacial score (nSPS) is 11.0. The van der Waals surface area contributed by atoms with E-state index < -0.39 is 4.92 Å². The molecule has 0 unspecified atom stereocenters. The third kappa shape index (κ3) is 3.56. The zero-order chi connectivity index (χ0) is 15.2. The van der Waals surface area contributed by atoms with Crippen molar-refractivity contribution in [2.24, 2.45) is 10.4 Å². The van der Waals surface area contributed by atoms with E-state index in [1.54, 1.807) is 0 Å². The van der Waals surface area contributed by atoms with Crippen molar-refractivity contribution < 1.29 is 9.78 Å². The van der Waals surface area contributed by atoms with Gasteiger partial charge in [-0.05, 0) is 35.5 Å². The average molecular weight is 287 g/mol. The van der Waals surface area contributed by atoms with Crippen molar-refractivity contribution in [2.75, 3.05) is 5.43 Å². The van der Waals surface area contributed by atoms with E-state index in [9.17, 15) is 20.2 Å². The first-order valence-corrected chi connectivity index (χ1v) is 5.72. The Morgan fingerprint density at radius 2 is 1.71 bits per heavy atom. The molecule has 21 heavy (non-hydrogen) atoms. The molecular formula is C12H9N5O4. The van der Waals surface area contributed by atoms with E-state index in [1.165, 1.54) is 48.5 Å². The molecule has 0 aliphatic rings. The maximum absolute atomic E-state index is 11.7. The third-order valence-corrected chi connectivity index (χ3v) is 2.50. The standard InChI is InChI=1S/C12H9N5O4/c18-14-9-4-6-11(7-5-9)16(19)15-13-10-2-1-3-12(8-10)17(20)21/h1-8,13H/b16-15-. The van der Waals surface area contributed by atoms with Crippen LogP contribution in [0.5, 0.6) is 0 Å². The van der Waals surface area contributed by atoms with Gasteiger partial charge in [0.25, 0.3) is 5.69 Å². The van der Waals surface area contributed by atoms with Gasteiger partial charge in [-0.15, -0.1) is 15.2 Å². The molecule has 0 bridgehead atoms. The second kappa shape index (κ2) is 6.19. The van der Waals surface area contributed by atoms with Crippen molar-refractivity contribution >= 4 is 22.7 Å². The number of anilines is 1. The first kappa shape index (κ1) is 14.1. The number of nitroso groups, excluding NO2 is 1. The third-order valence-electron chi connectivity index (χ3n) is 2.50. The van der Waals surface area contributed by atoms with Crippen LogP contribution in [0.2, 0.25) is 0 Å². The number of nitro benzene ring substituents is 1. The van der Waals surface area contributed by atoms with Crippen LogP contribution in [0.25, 0.3) is 0 Å². The lowest BCUT2D eigenvalue weighted by Crippen LogP contribution is -1.98. The monoisotopic (exact) mass is 287 g/mol. The van der Waals surface area contributed by atoms with Gasteiger partial charge in [-0.3, -0.25) is 10.1 Å². The van der Waals surface area contributed by atoms with E-state index in [-0.39, 0.29) is 21.9 Å².